The van der Waals surface area contributed by atoms with Crippen LogP contribution in [0.1, 0.15) is 33.1 Å². The first kappa shape index (κ1) is 12.3. The molecule has 2 heterocycles. The molecule has 3 nitrogen and oxygen atoms in total. The fraction of sp³-hybridized carbons (Fsp3) is 1.00. The highest BCUT2D eigenvalue weighted by atomic mass is 16.5. The van der Waals surface area contributed by atoms with E-state index in [1.165, 1.54) is 25.8 Å². The first-order chi connectivity index (χ1) is 7.75. The van der Waals surface area contributed by atoms with E-state index in [0.29, 0.717) is 12.1 Å². The molecule has 94 valence electrons. The Labute approximate surface area is 99.3 Å². The summed E-state index contributed by atoms with van der Waals surface area (Å²) in [6.45, 7) is 8.86. The van der Waals surface area contributed by atoms with Gasteiger partial charge in [-0.15, -0.1) is 0 Å². The largest absolute Gasteiger partial charge is 0.381 e. The van der Waals surface area contributed by atoms with Gasteiger partial charge in [-0.25, -0.2) is 0 Å². The second-order valence-electron chi connectivity index (χ2n) is 5.60. The van der Waals surface area contributed by atoms with Crippen molar-refractivity contribution in [2.75, 3.05) is 26.3 Å². The van der Waals surface area contributed by atoms with Crippen LogP contribution in [0.15, 0.2) is 0 Å². The molecule has 0 radical (unpaired) electrons. The van der Waals surface area contributed by atoms with Crippen LogP contribution in [-0.2, 0) is 4.74 Å². The second-order valence-corrected chi connectivity index (χ2v) is 5.60. The highest BCUT2D eigenvalue weighted by Gasteiger charge is 2.23. The van der Waals surface area contributed by atoms with Crippen LogP contribution in [0.25, 0.3) is 0 Å². The summed E-state index contributed by atoms with van der Waals surface area (Å²) in [5, 5.41) is 7.27. The van der Waals surface area contributed by atoms with E-state index >= 15 is 0 Å². The van der Waals surface area contributed by atoms with Gasteiger partial charge in [0.05, 0.1) is 6.61 Å². The molecule has 16 heavy (non-hydrogen) atoms. The van der Waals surface area contributed by atoms with Gasteiger partial charge in [0.2, 0.25) is 0 Å². The molecule has 0 aromatic carbocycles. The van der Waals surface area contributed by atoms with E-state index in [-0.39, 0.29) is 0 Å². The minimum atomic E-state index is 0.599. The summed E-state index contributed by atoms with van der Waals surface area (Å²) < 4.78 is 5.43. The molecule has 0 bridgehead atoms. The number of ether oxygens (including phenoxy) is 1. The zero-order chi connectivity index (χ0) is 11.4. The molecule has 2 rings (SSSR count). The van der Waals surface area contributed by atoms with Gasteiger partial charge in [-0.3, -0.25) is 0 Å². The van der Waals surface area contributed by atoms with Crippen molar-refractivity contribution in [3.05, 3.63) is 0 Å². The van der Waals surface area contributed by atoms with Crippen molar-refractivity contribution in [2.45, 2.75) is 45.2 Å². The molecule has 0 aromatic heterocycles. The lowest BCUT2D eigenvalue weighted by atomic mass is 9.93. The third-order valence-corrected chi connectivity index (χ3v) is 4.12. The zero-order valence-electron chi connectivity index (χ0n) is 10.7. The maximum absolute atomic E-state index is 5.43. The Bertz CT molecular complexity index is 202. The lowest BCUT2D eigenvalue weighted by Crippen LogP contribution is -2.47. The summed E-state index contributed by atoms with van der Waals surface area (Å²) in [5.74, 6) is 1.61. The summed E-state index contributed by atoms with van der Waals surface area (Å²) in [7, 11) is 0. The number of hydrogen-bond acceptors (Lipinski definition) is 3. The van der Waals surface area contributed by atoms with Gasteiger partial charge >= 0.3 is 0 Å². The Hall–Kier alpha value is -0.120. The van der Waals surface area contributed by atoms with E-state index in [1.807, 2.05) is 0 Å². The van der Waals surface area contributed by atoms with Gasteiger partial charge in [-0.2, -0.15) is 0 Å². The molecule has 0 aliphatic carbocycles. The quantitative estimate of drug-likeness (QED) is 0.760. The highest BCUT2D eigenvalue weighted by molar-refractivity contribution is 4.81. The molecule has 2 N–H and O–H groups in total. The van der Waals surface area contributed by atoms with Crippen molar-refractivity contribution in [1.82, 2.24) is 10.6 Å². The molecule has 2 aliphatic rings. The van der Waals surface area contributed by atoms with Crippen LogP contribution in [0, 0.1) is 11.8 Å². The highest BCUT2D eigenvalue weighted by Crippen LogP contribution is 2.18. The molecule has 0 saturated carbocycles. The Balaban J connectivity index is 1.65. The molecular formula is C13H26N2O. The van der Waals surface area contributed by atoms with Crippen LogP contribution in [0.4, 0.5) is 0 Å². The molecule has 4 unspecified atom stereocenters. The average molecular weight is 226 g/mol. The van der Waals surface area contributed by atoms with E-state index < -0.39 is 0 Å². The molecule has 0 amide bonds. The van der Waals surface area contributed by atoms with Crippen LogP contribution in [0.3, 0.4) is 0 Å². The van der Waals surface area contributed by atoms with Crippen molar-refractivity contribution in [3.8, 4) is 0 Å². The van der Waals surface area contributed by atoms with Crippen molar-refractivity contribution in [2.24, 2.45) is 11.8 Å². The summed E-state index contributed by atoms with van der Waals surface area (Å²) in [6, 6.07) is 1.27. The maximum Gasteiger partial charge on any atom is 0.0509 e. The molecule has 3 heteroatoms. The van der Waals surface area contributed by atoms with Gasteiger partial charge in [0.1, 0.15) is 0 Å². The maximum atomic E-state index is 5.43. The van der Waals surface area contributed by atoms with Crippen molar-refractivity contribution in [3.63, 3.8) is 0 Å². The molecule has 0 aromatic rings. The summed E-state index contributed by atoms with van der Waals surface area (Å²) in [5.41, 5.74) is 0. The van der Waals surface area contributed by atoms with Crippen LogP contribution in [-0.4, -0.2) is 38.4 Å². The Morgan fingerprint density at radius 2 is 2.31 bits per heavy atom. The summed E-state index contributed by atoms with van der Waals surface area (Å²) in [4.78, 5) is 0. The summed E-state index contributed by atoms with van der Waals surface area (Å²) >= 11 is 0. The van der Waals surface area contributed by atoms with E-state index in [1.54, 1.807) is 0 Å². The van der Waals surface area contributed by atoms with Crippen molar-refractivity contribution >= 4 is 0 Å². The smallest absolute Gasteiger partial charge is 0.0509 e. The van der Waals surface area contributed by atoms with E-state index in [0.717, 1.165) is 31.6 Å². The van der Waals surface area contributed by atoms with Crippen LogP contribution in [0.2, 0.25) is 0 Å². The van der Waals surface area contributed by atoms with Crippen LogP contribution >= 0.6 is 0 Å². The number of rotatable bonds is 4. The van der Waals surface area contributed by atoms with Crippen LogP contribution in [0.5, 0.6) is 0 Å². The van der Waals surface area contributed by atoms with Crippen LogP contribution < -0.4 is 10.6 Å². The molecule has 2 fully saturated rings. The SMILES string of the molecule is CC1CCNC(CNC(C)C2CCOC2)C1. The number of hydrogen-bond donors (Lipinski definition) is 2. The van der Waals surface area contributed by atoms with E-state index in [4.69, 9.17) is 4.74 Å². The lowest BCUT2D eigenvalue weighted by Gasteiger charge is -2.30. The Kier molecular flexibility index (Phi) is 4.62. The minimum absolute atomic E-state index is 0.599. The topological polar surface area (TPSA) is 33.3 Å². The monoisotopic (exact) mass is 226 g/mol. The fourth-order valence-electron chi connectivity index (χ4n) is 2.82. The molecule has 2 saturated heterocycles. The van der Waals surface area contributed by atoms with E-state index in [9.17, 15) is 0 Å². The van der Waals surface area contributed by atoms with Gasteiger partial charge in [0.25, 0.3) is 0 Å². The normalized spacial score (nSPS) is 37.5. The Morgan fingerprint density at radius 1 is 1.44 bits per heavy atom. The number of nitrogens with one attached hydrogen (secondary N) is 2. The fourth-order valence-corrected chi connectivity index (χ4v) is 2.82. The molecule has 4 atom stereocenters. The van der Waals surface area contributed by atoms with Gasteiger partial charge in [0.15, 0.2) is 0 Å². The van der Waals surface area contributed by atoms with Gasteiger partial charge < -0.3 is 15.4 Å². The first-order valence-electron chi connectivity index (χ1n) is 6.80. The predicted molar refractivity (Wildman–Crippen MR) is 66.6 cm³/mol. The van der Waals surface area contributed by atoms with Gasteiger partial charge in [0, 0.05) is 25.2 Å². The van der Waals surface area contributed by atoms with Crippen molar-refractivity contribution in [1.29, 1.82) is 0 Å². The predicted octanol–water partition coefficient (Wildman–Crippen LogP) is 1.39. The second kappa shape index (κ2) is 5.99. The van der Waals surface area contributed by atoms with E-state index in [2.05, 4.69) is 24.5 Å². The first-order valence-corrected chi connectivity index (χ1v) is 6.80. The van der Waals surface area contributed by atoms with Gasteiger partial charge in [-0.1, -0.05) is 6.92 Å². The molecule has 0 spiro atoms. The summed E-state index contributed by atoms with van der Waals surface area (Å²) in [6.07, 6.45) is 3.88. The zero-order valence-corrected chi connectivity index (χ0v) is 10.7. The molecular weight excluding hydrogens is 200 g/mol. The van der Waals surface area contributed by atoms with Gasteiger partial charge in [-0.05, 0) is 44.6 Å². The van der Waals surface area contributed by atoms with Crippen molar-refractivity contribution < 1.29 is 4.74 Å². The number of piperidine rings is 1. The standard InChI is InChI=1S/C13H26N2O/c1-10-3-5-14-13(7-10)8-15-11(2)12-4-6-16-9-12/h10-15H,3-9H2,1-2H3. The minimum Gasteiger partial charge on any atom is -0.381 e. The molecule has 2 aliphatic heterocycles. The Morgan fingerprint density at radius 3 is 3.00 bits per heavy atom. The third kappa shape index (κ3) is 3.44. The average Bonchev–Trinajstić information content (AvgIpc) is 2.79. The lowest BCUT2D eigenvalue weighted by molar-refractivity contribution is 0.177. The third-order valence-electron chi connectivity index (χ3n) is 4.12.